The van der Waals surface area contributed by atoms with E-state index >= 15 is 0 Å². The Kier molecular flexibility index (Phi) is 7.01. The van der Waals surface area contributed by atoms with Crippen molar-refractivity contribution in [2.75, 3.05) is 28.4 Å². The first kappa shape index (κ1) is 21.3. The van der Waals surface area contributed by atoms with Gasteiger partial charge in [0.15, 0.2) is 11.5 Å². The fourth-order valence-electron chi connectivity index (χ4n) is 2.60. The number of rotatable bonds is 9. The number of ether oxygens (including phenoxy) is 3. The number of nitrogens with one attached hydrogen (secondary N) is 1. The van der Waals surface area contributed by atoms with E-state index in [4.69, 9.17) is 14.2 Å². The molecule has 0 aromatic heterocycles. The molecular weight excluding hydrogens is 390 g/mol. The van der Waals surface area contributed by atoms with E-state index < -0.39 is 9.85 Å². The average molecular weight is 409 g/mol. The Labute approximate surface area is 165 Å². The minimum absolute atomic E-state index is 0.252. The van der Waals surface area contributed by atoms with Gasteiger partial charge in [-0.3, -0.25) is 20.2 Å². The summed E-state index contributed by atoms with van der Waals surface area (Å²) in [4.78, 5) is 21.9. The van der Waals surface area contributed by atoms with Gasteiger partial charge in [-0.1, -0.05) is 11.8 Å². The molecule has 0 heterocycles. The Morgan fingerprint density at radius 3 is 2.14 bits per heavy atom. The van der Waals surface area contributed by atoms with Gasteiger partial charge in [-0.05, 0) is 19.2 Å². The summed E-state index contributed by atoms with van der Waals surface area (Å²) in [6, 6.07) is 5.21. The van der Waals surface area contributed by atoms with Crippen molar-refractivity contribution in [1.29, 1.82) is 0 Å². The zero-order valence-electron chi connectivity index (χ0n) is 15.7. The second-order valence-corrected chi connectivity index (χ2v) is 6.50. The van der Waals surface area contributed by atoms with Crippen LogP contribution in [-0.4, -0.2) is 38.2 Å². The van der Waals surface area contributed by atoms with Crippen molar-refractivity contribution < 1.29 is 24.1 Å². The Hall–Kier alpha value is -3.05. The predicted octanol–water partition coefficient (Wildman–Crippen LogP) is 3.40. The smallest absolute Gasteiger partial charge is 0.290 e. The summed E-state index contributed by atoms with van der Waals surface area (Å²) >= 11 is 1.09. The van der Waals surface area contributed by atoms with Crippen LogP contribution in [0, 0.1) is 20.2 Å². The van der Waals surface area contributed by atoms with E-state index in [1.165, 1.54) is 33.5 Å². The molecule has 2 aromatic rings. The van der Waals surface area contributed by atoms with Gasteiger partial charge in [0, 0.05) is 23.1 Å². The number of methoxy groups -OCH3 is 3. The van der Waals surface area contributed by atoms with Crippen LogP contribution in [0.1, 0.15) is 5.56 Å². The molecule has 11 heteroatoms. The Morgan fingerprint density at radius 1 is 0.964 bits per heavy atom. The maximum absolute atomic E-state index is 11.4. The third-order valence-corrected chi connectivity index (χ3v) is 4.96. The van der Waals surface area contributed by atoms with Crippen molar-refractivity contribution >= 4 is 23.1 Å². The van der Waals surface area contributed by atoms with E-state index in [0.717, 1.165) is 17.8 Å². The molecule has 0 atom stereocenters. The second kappa shape index (κ2) is 9.24. The standard InChI is InChI=1S/C17H19N3O7S/c1-18-9-11-15(8-13(25-2)17(27-4)16(11)26-3)28-14-6-5-10(19(21)22)7-12(14)20(23)24/h5-8,18H,9H2,1-4H3. The minimum Gasteiger partial charge on any atom is -0.493 e. The zero-order chi connectivity index (χ0) is 20.8. The van der Waals surface area contributed by atoms with Gasteiger partial charge in [-0.25, -0.2) is 0 Å². The molecule has 2 aromatic carbocycles. The maximum atomic E-state index is 11.4. The number of benzene rings is 2. The number of nitrogens with zero attached hydrogens (tertiary/aromatic N) is 2. The van der Waals surface area contributed by atoms with Gasteiger partial charge in [0.05, 0.1) is 42.1 Å². The first-order chi connectivity index (χ1) is 13.4. The van der Waals surface area contributed by atoms with Crippen LogP contribution in [-0.2, 0) is 6.54 Å². The molecule has 150 valence electrons. The molecule has 1 N–H and O–H groups in total. The molecule has 0 aliphatic rings. The molecule has 0 unspecified atom stereocenters. The van der Waals surface area contributed by atoms with Crippen LogP contribution in [0.2, 0.25) is 0 Å². The van der Waals surface area contributed by atoms with Gasteiger partial charge in [-0.15, -0.1) is 0 Å². The molecule has 0 spiro atoms. The normalized spacial score (nSPS) is 10.4. The third-order valence-electron chi connectivity index (χ3n) is 3.82. The molecule has 0 radical (unpaired) electrons. The van der Waals surface area contributed by atoms with Crippen molar-refractivity contribution in [3.63, 3.8) is 0 Å². The molecule has 0 amide bonds. The number of hydrogen-bond acceptors (Lipinski definition) is 9. The summed E-state index contributed by atoms with van der Waals surface area (Å²) in [6.07, 6.45) is 0. The van der Waals surface area contributed by atoms with Gasteiger partial charge in [-0.2, -0.15) is 0 Å². The highest BCUT2D eigenvalue weighted by molar-refractivity contribution is 7.99. The lowest BCUT2D eigenvalue weighted by Crippen LogP contribution is -2.09. The maximum Gasteiger partial charge on any atom is 0.290 e. The Bertz CT molecular complexity index is 905. The summed E-state index contributed by atoms with van der Waals surface area (Å²) in [6.45, 7) is 0.395. The van der Waals surface area contributed by atoms with E-state index in [9.17, 15) is 20.2 Å². The summed E-state index contributed by atoms with van der Waals surface area (Å²) in [7, 11) is 6.19. The van der Waals surface area contributed by atoms with Crippen molar-refractivity contribution in [3.8, 4) is 17.2 Å². The van der Waals surface area contributed by atoms with Crippen LogP contribution in [0.3, 0.4) is 0 Å². The summed E-state index contributed by atoms with van der Waals surface area (Å²) in [5.74, 6) is 1.23. The summed E-state index contributed by atoms with van der Waals surface area (Å²) in [5.41, 5.74) is 0.0000467. The lowest BCUT2D eigenvalue weighted by Gasteiger charge is -2.19. The first-order valence-electron chi connectivity index (χ1n) is 7.95. The van der Waals surface area contributed by atoms with Crippen LogP contribution < -0.4 is 19.5 Å². The number of hydrogen-bond donors (Lipinski definition) is 1. The van der Waals surface area contributed by atoms with E-state index in [-0.39, 0.29) is 16.3 Å². The van der Waals surface area contributed by atoms with Crippen LogP contribution in [0.25, 0.3) is 0 Å². The van der Waals surface area contributed by atoms with Crippen LogP contribution in [0.4, 0.5) is 11.4 Å². The van der Waals surface area contributed by atoms with Gasteiger partial charge in [0.25, 0.3) is 11.4 Å². The Morgan fingerprint density at radius 2 is 1.64 bits per heavy atom. The lowest BCUT2D eigenvalue weighted by atomic mass is 10.1. The van der Waals surface area contributed by atoms with Gasteiger partial charge in [0.1, 0.15) is 0 Å². The first-order valence-corrected chi connectivity index (χ1v) is 8.76. The third kappa shape index (κ3) is 4.26. The molecule has 0 aliphatic heterocycles. The average Bonchev–Trinajstić information content (AvgIpc) is 2.68. The summed E-state index contributed by atoms with van der Waals surface area (Å²) < 4.78 is 16.2. The van der Waals surface area contributed by atoms with Gasteiger partial charge < -0.3 is 19.5 Å². The fourth-order valence-corrected chi connectivity index (χ4v) is 3.66. The lowest BCUT2D eigenvalue weighted by molar-refractivity contribution is -0.396. The molecular formula is C17H19N3O7S. The topological polar surface area (TPSA) is 126 Å². The second-order valence-electron chi connectivity index (χ2n) is 5.42. The number of nitro benzene ring substituents is 2. The zero-order valence-corrected chi connectivity index (χ0v) is 16.5. The SMILES string of the molecule is CNCc1c(Sc2ccc([N+](=O)[O-])cc2[N+](=O)[O-])cc(OC)c(OC)c1OC. The van der Waals surface area contributed by atoms with Gasteiger partial charge >= 0.3 is 0 Å². The van der Waals surface area contributed by atoms with Crippen molar-refractivity contribution in [3.05, 3.63) is 50.1 Å². The largest absolute Gasteiger partial charge is 0.493 e. The summed E-state index contributed by atoms with van der Waals surface area (Å²) in [5, 5.41) is 25.4. The molecule has 2 rings (SSSR count). The minimum atomic E-state index is -0.673. The van der Waals surface area contributed by atoms with Crippen molar-refractivity contribution in [2.24, 2.45) is 0 Å². The van der Waals surface area contributed by atoms with E-state index in [1.54, 1.807) is 13.1 Å². The van der Waals surface area contributed by atoms with Crippen LogP contribution in [0.15, 0.2) is 34.1 Å². The molecule has 0 aliphatic carbocycles. The molecule has 28 heavy (non-hydrogen) atoms. The molecule has 0 saturated carbocycles. The van der Waals surface area contributed by atoms with Crippen LogP contribution in [0.5, 0.6) is 17.2 Å². The highest BCUT2D eigenvalue weighted by Crippen LogP contribution is 2.48. The van der Waals surface area contributed by atoms with E-state index in [2.05, 4.69) is 5.32 Å². The van der Waals surface area contributed by atoms with E-state index in [1.807, 2.05) is 0 Å². The highest BCUT2D eigenvalue weighted by atomic mass is 32.2. The number of nitro groups is 2. The molecule has 0 fully saturated rings. The molecule has 0 bridgehead atoms. The monoisotopic (exact) mass is 409 g/mol. The van der Waals surface area contributed by atoms with Crippen molar-refractivity contribution in [1.82, 2.24) is 5.32 Å². The molecule has 0 saturated heterocycles. The predicted molar refractivity (Wildman–Crippen MR) is 103 cm³/mol. The highest BCUT2D eigenvalue weighted by Gasteiger charge is 2.25. The quantitative estimate of drug-likeness (QED) is 0.490. The van der Waals surface area contributed by atoms with E-state index in [0.29, 0.717) is 34.3 Å². The Balaban J connectivity index is 2.65. The van der Waals surface area contributed by atoms with Gasteiger partial charge in [0.2, 0.25) is 5.75 Å². The fraction of sp³-hybridized carbons (Fsp3) is 0.294. The molecule has 10 nitrogen and oxygen atoms in total. The van der Waals surface area contributed by atoms with Crippen LogP contribution >= 0.6 is 11.8 Å². The number of non-ortho nitro benzene ring substituents is 1. The van der Waals surface area contributed by atoms with Crippen molar-refractivity contribution in [2.45, 2.75) is 16.3 Å².